The molecule has 1 saturated heterocycles. The molecular formula is C14H21NO. The summed E-state index contributed by atoms with van der Waals surface area (Å²) >= 11 is 0. The molecule has 1 aromatic carbocycles. The Kier molecular flexibility index (Phi) is 3.49. The summed E-state index contributed by atoms with van der Waals surface area (Å²) in [6, 6.07) is 6.01. The molecule has 0 aliphatic carbocycles. The topological polar surface area (TPSA) is 23.5 Å². The minimum Gasteiger partial charge on any atom is -0.507 e. The molecule has 1 N–H and O–H groups in total. The zero-order valence-corrected chi connectivity index (χ0v) is 10.2. The molecule has 2 nitrogen and oxygen atoms in total. The SMILES string of the molecule is Cc1cccc(CN2CCCC(C)C2)c1O. The highest BCUT2D eigenvalue weighted by Crippen LogP contribution is 2.25. The quantitative estimate of drug-likeness (QED) is 0.826. The molecule has 1 aromatic rings. The Morgan fingerprint density at radius 3 is 3.00 bits per heavy atom. The lowest BCUT2D eigenvalue weighted by atomic mass is 9.99. The summed E-state index contributed by atoms with van der Waals surface area (Å²) in [6.45, 7) is 7.48. The third kappa shape index (κ3) is 2.56. The average molecular weight is 219 g/mol. The van der Waals surface area contributed by atoms with Crippen LogP contribution in [-0.4, -0.2) is 23.1 Å². The van der Waals surface area contributed by atoms with E-state index in [1.54, 1.807) is 0 Å². The van der Waals surface area contributed by atoms with E-state index in [1.807, 2.05) is 25.1 Å². The molecule has 1 unspecified atom stereocenters. The summed E-state index contributed by atoms with van der Waals surface area (Å²) < 4.78 is 0. The number of hydrogen-bond acceptors (Lipinski definition) is 2. The number of phenols is 1. The van der Waals surface area contributed by atoms with Crippen molar-refractivity contribution in [1.82, 2.24) is 4.90 Å². The number of nitrogens with zero attached hydrogens (tertiary/aromatic N) is 1. The number of para-hydroxylation sites is 1. The van der Waals surface area contributed by atoms with Crippen molar-refractivity contribution in [3.63, 3.8) is 0 Å². The number of piperidine rings is 1. The van der Waals surface area contributed by atoms with E-state index in [0.717, 1.165) is 36.7 Å². The third-order valence-electron chi connectivity index (χ3n) is 3.46. The third-order valence-corrected chi connectivity index (χ3v) is 3.46. The first-order valence-corrected chi connectivity index (χ1v) is 6.16. The van der Waals surface area contributed by atoms with Crippen molar-refractivity contribution in [2.75, 3.05) is 13.1 Å². The normalized spacial score (nSPS) is 22.2. The van der Waals surface area contributed by atoms with Crippen molar-refractivity contribution in [2.45, 2.75) is 33.2 Å². The molecule has 1 atom stereocenters. The van der Waals surface area contributed by atoms with E-state index in [9.17, 15) is 5.11 Å². The number of hydrogen-bond donors (Lipinski definition) is 1. The zero-order valence-electron chi connectivity index (χ0n) is 10.2. The highest BCUT2D eigenvalue weighted by Gasteiger charge is 2.17. The van der Waals surface area contributed by atoms with Crippen LogP contribution < -0.4 is 0 Å². The zero-order chi connectivity index (χ0) is 11.5. The fraction of sp³-hybridized carbons (Fsp3) is 0.571. The van der Waals surface area contributed by atoms with E-state index in [0.29, 0.717) is 5.75 Å². The Hall–Kier alpha value is -1.02. The Morgan fingerprint density at radius 1 is 1.44 bits per heavy atom. The van der Waals surface area contributed by atoms with Crippen molar-refractivity contribution in [3.05, 3.63) is 29.3 Å². The first-order valence-electron chi connectivity index (χ1n) is 6.16. The Balaban J connectivity index is 2.05. The molecule has 0 radical (unpaired) electrons. The van der Waals surface area contributed by atoms with E-state index in [1.165, 1.54) is 12.8 Å². The number of aromatic hydroxyl groups is 1. The number of rotatable bonds is 2. The molecule has 0 saturated carbocycles. The van der Waals surface area contributed by atoms with Gasteiger partial charge in [-0.3, -0.25) is 4.90 Å². The summed E-state index contributed by atoms with van der Waals surface area (Å²) in [4.78, 5) is 2.45. The molecular weight excluding hydrogens is 198 g/mol. The maximum Gasteiger partial charge on any atom is 0.122 e. The molecule has 1 fully saturated rings. The maximum atomic E-state index is 9.97. The lowest BCUT2D eigenvalue weighted by molar-refractivity contribution is 0.175. The fourth-order valence-corrected chi connectivity index (χ4v) is 2.52. The first kappa shape index (κ1) is 11.5. The standard InChI is InChI=1S/C14H21NO/c1-11-5-4-8-15(9-11)10-13-7-3-6-12(2)14(13)16/h3,6-7,11,16H,4-5,8-10H2,1-2H3. The second kappa shape index (κ2) is 4.88. The van der Waals surface area contributed by atoms with Crippen LogP contribution in [0, 0.1) is 12.8 Å². The lowest BCUT2D eigenvalue weighted by Crippen LogP contribution is -2.33. The van der Waals surface area contributed by atoms with Crippen molar-refractivity contribution in [2.24, 2.45) is 5.92 Å². The van der Waals surface area contributed by atoms with Crippen LogP contribution >= 0.6 is 0 Å². The van der Waals surface area contributed by atoms with Crippen molar-refractivity contribution >= 4 is 0 Å². The number of benzene rings is 1. The van der Waals surface area contributed by atoms with Gasteiger partial charge in [0.05, 0.1) is 0 Å². The van der Waals surface area contributed by atoms with Gasteiger partial charge in [0.25, 0.3) is 0 Å². The second-order valence-corrected chi connectivity index (χ2v) is 5.07. The largest absolute Gasteiger partial charge is 0.507 e. The highest BCUT2D eigenvalue weighted by atomic mass is 16.3. The van der Waals surface area contributed by atoms with Gasteiger partial charge in [0.15, 0.2) is 0 Å². The van der Waals surface area contributed by atoms with Crippen molar-refractivity contribution in [1.29, 1.82) is 0 Å². The van der Waals surface area contributed by atoms with Gasteiger partial charge >= 0.3 is 0 Å². The molecule has 0 spiro atoms. The Morgan fingerprint density at radius 2 is 2.25 bits per heavy atom. The van der Waals surface area contributed by atoms with E-state index in [-0.39, 0.29) is 0 Å². The monoisotopic (exact) mass is 219 g/mol. The van der Waals surface area contributed by atoms with Crippen LogP contribution in [0.1, 0.15) is 30.9 Å². The van der Waals surface area contributed by atoms with E-state index in [2.05, 4.69) is 11.8 Å². The van der Waals surface area contributed by atoms with Gasteiger partial charge in [0.1, 0.15) is 5.75 Å². The van der Waals surface area contributed by atoms with Crippen LogP contribution in [0.4, 0.5) is 0 Å². The summed E-state index contributed by atoms with van der Waals surface area (Å²) in [7, 11) is 0. The van der Waals surface area contributed by atoms with Crippen LogP contribution in [0.3, 0.4) is 0 Å². The van der Waals surface area contributed by atoms with Crippen LogP contribution in [0.2, 0.25) is 0 Å². The molecule has 16 heavy (non-hydrogen) atoms. The molecule has 2 rings (SSSR count). The number of aryl methyl sites for hydroxylation is 1. The summed E-state index contributed by atoms with van der Waals surface area (Å²) in [6.07, 6.45) is 2.63. The highest BCUT2D eigenvalue weighted by molar-refractivity contribution is 5.39. The molecule has 1 aliphatic rings. The van der Waals surface area contributed by atoms with Crippen LogP contribution in [0.25, 0.3) is 0 Å². The maximum absolute atomic E-state index is 9.97. The predicted molar refractivity (Wildman–Crippen MR) is 66.5 cm³/mol. The Labute approximate surface area is 97.9 Å². The van der Waals surface area contributed by atoms with Gasteiger partial charge < -0.3 is 5.11 Å². The van der Waals surface area contributed by atoms with Crippen LogP contribution in [0.5, 0.6) is 5.75 Å². The summed E-state index contributed by atoms with van der Waals surface area (Å²) in [5.74, 6) is 1.27. The molecule has 0 aromatic heterocycles. The predicted octanol–water partition coefficient (Wildman–Crippen LogP) is 2.93. The van der Waals surface area contributed by atoms with Crippen molar-refractivity contribution in [3.8, 4) is 5.75 Å². The van der Waals surface area contributed by atoms with Gasteiger partial charge in [-0.25, -0.2) is 0 Å². The molecule has 88 valence electrons. The lowest BCUT2D eigenvalue weighted by Gasteiger charge is -2.31. The average Bonchev–Trinajstić information content (AvgIpc) is 2.25. The van der Waals surface area contributed by atoms with Gasteiger partial charge in [0, 0.05) is 18.7 Å². The van der Waals surface area contributed by atoms with E-state index in [4.69, 9.17) is 0 Å². The fourth-order valence-electron chi connectivity index (χ4n) is 2.52. The van der Waals surface area contributed by atoms with Gasteiger partial charge in [-0.15, -0.1) is 0 Å². The van der Waals surface area contributed by atoms with Gasteiger partial charge in [-0.1, -0.05) is 25.1 Å². The second-order valence-electron chi connectivity index (χ2n) is 5.07. The summed E-state index contributed by atoms with van der Waals surface area (Å²) in [5, 5.41) is 9.97. The number of likely N-dealkylation sites (tertiary alicyclic amines) is 1. The van der Waals surface area contributed by atoms with E-state index >= 15 is 0 Å². The molecule has 1 heterocycles. The van der Waals surface area contributed by atoms with Gasteiger partial charge in [-0.05, 0) is 37.8 Å². The first-order chi connectivity index (χ1) is 7.66. The van der Waals surface area contributed by atoms with Gasteiger partial charge in [-0.2, -0.15) is 0 Å². The summed E-state index contributed by atoms with van der Waals surface area (Å²) in [5.41, 5.74) is 2.04. The minimum atomic E-state index is 0.473. The minimum absolute atomic E-state index is 0.473. The van der Waals surface area contributed by atoms with Crippen LogP contribution in [-0.2, 0) is 6.54 Å². The molecule has 0 bridgehead atoms. The molecule has 0 amide bonds. The smallest absolute Gasteiger partial charge is 0.122 e. The molecule has 2 heteroatoms. The van der Waals surface area contributed by atoms with Gasteiger partial charge in [0.2, 0.25) is 0 Å². The van der Waals surface area contributed by atoms with E-state index < -0.39 is 0 Å². The Bertz CT molecular complexity index is 362. The van der Waals surface area contributed by atoms with Crippen molar-refractivity contribution < 1.29 is 5.11 Å². The number of phenolic OH excluding ortho intramolecular Hbond substituents is 1. The van der Waals surface area contributed by atoms with Crippen LogP contribution in [0.15, 0.2) is 18.2 Å². The molecule has 1 aliphatic heterocycles.